The van der Waals surface area contributed by atoms with Crippen molar-refractivity contribution in [3.63, 3.8) is 0 Å². The summed E-state index contributed by atoms with van der Waals surface area (Å²) in [6.07, 6.45) is 0.950. The van der Waals surface area contributed by atoms with Crippen LogP contribution in [0.3, 0.4) is 0 Å². The van der Waals surface area contributed by atoms with Crippen LogP contribution < -0.4 is 4.52 Å². The summed E-state index contributed by atoms with van der Waals surface area (Å²) in [5, 5.41) is 0. The highest BCUT2D eigenvalue weighted by molar-refractivity contribution is 7.39. The Morgan fingerprint density at radius 2 is 1.68 bits per heavy atom. The topological polar surface area (TPSA) is 49.7 Å². The molecule has 0 aliphatic heterocycles. The fourth-order valence-electron chi connectivity index (χ4n) is 1.88. The lowest BCUT2D eigenvalue weighted by atomic mass is 9.78. The van der Waals surface area contributed by atoms with Crippen LogP contribution >= 0.6 is 8.60 Å². The molecular weight excluding hydrogens is 259 g/mol. The maximum absolute atomic E-state index is 9.10. The predicted molar refractivity (Wildman–Crippen MR) is 80.4 cm³/mol. The van der Waals surface area contributed by atoms with E-state index in [1.165, 1.54) is 5.56 Å². The molecule has 0 amide bonds. The molecule has 0 aliphatic carbocycles. The van der Waals surface area contributed by atoms with Gasteiger partial charge in [-0.25, -0.2) is 0 Å². The van der Waals surface area contributed by atoms with Crippen molar-refractivity contribution >= 4 is 8.60 Å². The SMILES string of the molecule is CCC(C)(C)c1cc(C(C)(C)C)ccc1OP(O)O. The van der Waals surface area contributed by atoms with Crippen LogP contribution in [0.1, 0.15) is 59.1 Å². The Hall–Kier alpha value is -0.630. The molecule has 0 saturated heterocycles. The van der Waals surface area contributed by atoms with Crippen molar-refractivity contribution in [1.29, 1.82) is 0 Å². The van der Waals surface area contributed by atoms with E-state index in [2.05, 4.69) is 47.6 Å². The van der Waals surface area contributed by atoms with E-state index in [1.54, 1.807) is 0 Å². The van der Waals surface area contributed by atoms with Crippen LogP contribution in [-0.4, -0.2) is 9.79 Å². The molecule has 2 N–H and O–H groups in total. The summed E-state index contributed by atoms with van der Waals surface area (Å²) >= 11 is 0. The number of benzene rings is 1. The first-order chi connectivity index (χ1) is 8.58. The number of hydrogen-bond donors (Lipinski definition) is 2. The molecule has 0 aromatic heterocycles. The van der Waals surface area contributed by atoms with Crippen molar-refractivity contribution in [2.45, 2.75) is 58.8 Å². The molecule has 1 aromatic carbocycles. The lowest BCUT2D eigenvalue weighted by molar-refractivity contribution is 0.367. The first-order valence-electron chi connectivity index (χ1n) is 6.59. The Morgan fingerprint density at radius 1 is 1.11 bits per heavy atom. The van der Waals surface area contributed by atoms with E-state index in [-0.39, 0.29) is 10.8 Å². The molecule has 108 valence electrons. The summed E-state index contributed by atoms with van der Waals surface area (Å²) in [5.41, 5.74) is 2.23. The second kappa shape index (κ2) is 5.78. The Labute approximate surface area is 117 Å². The molecule has 0 fully saturated rings. The van der Waals surface area contributed by atoms with Gasteiger partial charge < -0.3 is 14.3 Å². The van der Waals surface area contributed by atoms with Gasteiger partial charge in [-0.15, -0.1) is 0 Å². The zero-order valence-corrected chi connectivity index (χ0v) is 13.6. The second-order valence-electron chi connectivity index (χ2n) is 6.54. The van der Waals surface area contributed by atoms with Crippen LogP contribution in [0.4, 0.5) is 0 Å². The van der Waals surface area contributed by atoms with Crippen LogP contribution in [0.2, 0.25) is 0 Å². The molecule has 1 aromatic rings. The van der Waals surface area contributed by atoms with Crippen molar-refractivity contribution in [2.75, 3.05) is 0 Å². The first kappa shape index (κ1) is 16.4. The molecule has 0 radical (unpaired) electrons. The molecule has 0 spiro atoms. The molecule has 3 nitrogen and oxygen atoms in total. The van der Waals surface area contributed by atoms with Gasteiger partial charge in [0.2, 0.25) is 0 Å². The van der Waals surface area contributed by atoms with Crippen molar-refractivity contribution in [1.82, 2.24) is 0 Å². The lowest BCUT2D eigenvalue weighted by Gasteiger charge is -2.29. The first-order valence-corrected chi connectivity index (χ1v) is 7.75. The molecule has 0 atom stereocenters. The smallest absolute Gasteiger partial charge is 0.391 e. The van der Waals surface area contributed by atoms with Gasteiger partial charge >= 0.3 is 8.60 Å². The summed E-state index contributed by atoms with van der Waals surface area (Å²) in [4.78, 5) is 18.2. The standard InChI is InChI=1S/C15H25O3P/c1-7-15(5,6)12-10-11(14(2,3)4)8-9-13(12)18-19(16)17/h8-10,16-17H,7H2,1-6H3. The second-order valence-corrected chi connectivity index (χ2v) is 7.23. The summed E-state index contributed by atoms with van der Waals surface area (Å²) in [6.45, 7) is 12.9. The maximum Gasteiger partial charge on any atom is 0.391 e. The zero-order valence-electron chi connectivity index (χ0n) is 12.7. The highest BCUT2D eigenvalue weighted by atomic mass is 31.2. The maximum atomic E-state index is 9.10. The highest BCUT2D eigenvalue weighted by Crippen LogP contribution is 2.41. The Morgan fingerprint density at radius 3 is 2.11 bits per heavy atom. The Balaban J connectivity index is 3.34. The average Bonchev–Trinajstić information content (AvgIpc) is 2.27. The van der Waals surface area contributed by atoms with Gasteiger partial charge in [-0.05, 0) is 28.9 Å². The van der Waals surface area contributed by atoms with E-state index in [0.29, 0.717) is 5.75 Å². The largest absolute Gasteiger partial charge is 0.427 e. The highest BCUT2D eigenvalue weighted by Gasteiger charge is 2.26. The van der Waals surface area contributed by atoms with Crippen LogP contribution in [-0.2, 0) is 10.8 Å². The van der Waals surface area contributed by atoms with Crippen molar-refractivity contribution < 1.29 is 14.3 Å². The van der Waals surface area contributed by atoms with Gasteiger partial charge in [-0.3, -0.25) is 0 Å². The molecule has 0 heterocycles. The van der Waals surface area contributed by atoms with Crippen molar-refractivity contribution in [3.8, 4) is 5.75 Å². The third kappa shape index (κ3) is 4.17. The van der Waals surface area contributed by atoms with E-state index < -0.39 is 8.60 Å². The zero-order chi connectivity index (χ0) is 14.8. The van der Waals surface area contributed by atoms with Gasteiger partial charge in [0.1, 0.15) is 5.75 Å². The molecule has 0 aliphatic rings. The minimum Gasteiger partial charge on any atom is -0.427 e. The van der Waals surface area contributed by atoms with Gasteiger partial charge in [0.25, 0.3) is 0 Å². The van der Waals surface area contributed by atoms with Crippen LogP contribution in [0.25, 0.3) is 0 Å². The molecule has 4 heteroatoms. The average molecular weight is 284 g/mol. The van der Waals surface area contributed by atoms with Gasteiger partial charge in [0.05, 0.1) is 0 Å². The number of hydrogen-bond acceptors (Lipinski definition) is 3. The van der Waals surface area contributed by atoms with Crippen LogP contribution in [0, 0.1) is 0 Å². The summed E-state index contributed by atoms with van der Waals surface area (Å²) in [5.74, 6) is 0.566. The monoisotopic (exact) mass is 284 g/mol. The normalized spacial score (nSPS) is 12.9. The molecule has 0 saturated carbocycles. The van der Waals surface area contributed by atoms with Gasteiger partial charge in [-0.2, -0.15) is 0 Å². The third-order valence-electron chi connectivity index (χ3n) is 3.64. The molecular formula is C15H25O3P. The Bertz CT molecular complexity index is 434. The van der Waals surface area contributed by atoms with Gasteiger partial charge in [-0.1, -0.05) is 53.7 Å². The summed E-state index contributed by atoms with van der Waals surface area (Å²) in [6, 6.07) is 5.95. The molecule has 0 bridgehead atoms. The summed E-state index contributed by atoms with van der Waals surface area (Å²) in [7, 11) is -2.38. The van der Waals surface area contributed by atoms with Gasteiger partial charge in [0, 0.05) is 5.56 Å². The van der Waals surface area contributed by atoms with E-state index in [0.717, 1.165) is 12.0 Å². The van der Waals surface area contributed by atoms with Crippen LogP contribution in [0.5, 0.6) is 5.75 Å². The Kier molecular flexibility index (Phi) is 5.00. The lowest BCUT2D eigenvalue weighted by Crippen LogP contribution is -2.19. The van der Waals surface area contributed by atoms with E-state index in [9.17, 15) is 0 Å². The minimum absolute atomic E-state index is 0.0558. The van der Waals surface area contributed by atoms with E-state index in [1.807, 2.05) is 12.1 Å². The van der Waals surface area contributed by atoms with Crippen molar-refractivity contribution in [2.24, 2.45) is 0 Å². The van der Waals surface area contributed by atoms with Crippen molar-refractivity contribution in [3.05, 3.63) is 29.3 Å². The summed E-state index contributed by atoms with van der Waals surface area (Å²) < 4.78 is 5.18. The fourth-order valence-corrected chi connectivity index (χ4v) is 2.22. The van der Waals surface area contributed by atoms with Gasteiger partial charge in [0.15, 0.2) is 0 Å². The quantitative estimate of drug-likeness (QED) is 0.812. The van der Waals surface area contributed by atoms with E-state index in [4.69, 9.17) is 14.3 Å². The minimum atomic E-state index is -2.38. The molecule has 0 unspecified atom stereocenters. The fraction of sp³-hybridized carbons (Fsp3) is 0.600. The predicted octanol–water partition coefficient (Wildman–Crippen LogP) is 4.26. The van der Waals surface area contributed by atoms with Crippen LogP contribution in [0.15, 0.2) is 18.2 Å². The number of rotatable bonds is 4. The van der Waals surface area contributed by atoms with E-state index >= 15 is 0 Å². The third-order valence-corrected chi connectivity index (χ3v) is 4.00. The molecule has 19 heavy (non-hydrogen) atoms. The molecule has 1 rings (SSSR count).